The van der Waals surface area contributed by atoms with E-state index in [-0.39, 0.29) is 5.91 Å². The summed E-state index contributed by atoms with van der Waals surface area (Å²) in [6.07, 6.45) is 6.97. The highest BCUT2D eigenvalue weighted by Crippen LogP contribution is 2.28. The Labute approximate surface area is 115 Å². The molecule has 0 aliphatic heterocycles. The molecule has 2 atom stereocenters. The zero-order valence-electron chi connectivity index (χ0n) is 12.0. The first-order valence-corrected chi connectivity index (χ1v) is 7.35. The maximum absolute atomic E-state index is 12.2. The summed E-state index contributed by atoms with van der Waals surface area (Å²) in [5.41, 5.74) is 7.07. The van der Waals surface area contributed by atoms with E-state index < -0.39 is 0 Å². The number of aryl methyl sites for hydroxylation is 1. The minimum Gasteiger partial charge on any atom is -0.397 e. The van der Waals surface area contributed by atoms with Crippen LogP contribution in [0, 0.1) is 11.8 Å². The highest BCUT2D eigenvalue weighted by Gasteiger charge is 2.22. The van der Waals surface area contributed by atoms with Gasteiger partial charge in [0.2, 0.25) is 0 Å². The summed E-state index contributed by atoms with van der Waals surface area (Å²) in [6.45, 7) is 5.86. The predicted molar refractivity (Wildman–Crippen MR) is 78.0 cm³/mol. The van der Waals surface area contributed by atoms with Crippen LogP contribution in [0.15, 0.2) is 12.3 Å². The van der Waals surface area contributed by atoms with Crippen molar-refractivity contribution in [2.45, 2.75) is 46.1 Å². The van der Waals surface area contributed by atoms with Crippen LogP contribution in [0.4, 0.5) is 5.69 Å². The third kappa shape index (κ3) is 3.31. The number of aromatic nitrogens is 1. The number of amides is 1. The summed E-state index contributed by atoms with van der Waals surface area (Å²) < 4.78 is 1.90. The lowest BCUT2D eigenvalue weighted by Gasteiger charge is -2.28. The molecule has 0 saturated heterocycles. The first-order chi connectivity index (χ1) is 9.11. The maximum Gasteiger partial charge on any atom is 0.267 e. The molecule has 2 unspecified atom stereocenters. The lowest BCUT2D eigenvalue weighted by atomic mass is 9.80. The number of carbonyl (C=O) groups is 1. The summed E-state index contributed by atoms with van der Waals surface area (Å²) >= 11 is 0. The van der Waals surface area contributed by atoms with E-state index in [2.05, 4.69) is 12.2 Å². The van der Waals surface area contributed by atoms with Crippen LogP contribution in [0.1, 0.15) is 50.0 Å². The van der Waals surface area contributed by atoms with E-state index in [4.69, 9.17) is 5.73 Å². The van der Waals surface area contributed by atoms with Crippen molar-refractivity contribution in [3.63, 3.8) is 0 Å². The van der Waals surface area contributed by atoms with Gasteiger partial charge >= 0.3 is 0 Å². The molecule has 4 heteroatoms. The van der Waals surface area contributed by atoms with E-state index in [0.29, 0.717) is 17.3 Å². The number of nitrogens with two attached hydrogens (primary N) is 1. The van der Waals surface area contributed by atoms with Crippen molar-refractivity contribution < 1.29 is 4.79 Å². The van der Waals surface area contributed by atoms with Crippen molar-refractivity contribution in [2.75, 3.05) is 12.3 Å². The van der Waals surface area contributed by atoms with Crippen LogP contribution < -0.4 is 11.1 Å². The fourth-order valence-electron chi connectivity index (χ4n) is 3.00. The first kappa shape index (κ1) is 14.0. The van der Waals surface area contributed by atoms with Gasteiger partial charge in [0.1, 0.15) is 5.69 Å². The van der Waals surface area contributed by atoms with E-state index >= 15 is 0 Å². The Balaban J connectivity index is 1.93. The molecule has 1 aromatic heterocycles. The molecule has 2 rings (SSSR count). The second kappa shape index (κ2) is 6.13. The van der Waals surface area contributed by atoms with Gasteiger partial charge in [-0.1, -0.05) is 26.2 Å². The Hall–Kier alpha value is -1.45. The molecule has 0 bridgehead atoms. The fourth-order valence-corrected chi connectivity index (χ4v) is 3.00. The Morgan fingerprint density at radius 3 is 2.89 bits per heavy atom. The third-order valence-corrected chi connectivity index (χ3v) is 4.30. The van der Waals surface area contributed by atoms with Gasteiger partial charge in [-0.3, -0.25) is 4.79 Å². The Morgan fingerprint density at radius 1 is 1.47 bits per heavy atom. The number of nitrogens with zero attached hydrogens (tertiary/aromatic N) is 1. The molecule has 3 N–H and O–H groups in total. The summed E-state index contributed by atoms with van der Waals surface area (Å²) in [5, 5.41) is 3.07. The summed E-state index contributed by atoms with van der Waals surface area (Å²) in [6, 6.07) is 1.75. The average molecular weight is 263 g/mol. The normalized spacial score (nSPS) is 23.3. The van der Waals surface area contributed by atoms with E-state index in [1.54, 1.807) is 6.07 Å². The van der Waals surface area contributed by atoms with E-state index in [1.165, 1.54) is 25.7 Å². The smallest absolute Gasteiger partial charge is 0.267 e. The quantitative estimate of drug-likeness (QED) is 0.877. The molecular formula is C15H25N3O. The van der Waals surface area contributed by atoms with Crippen LogP contribution in [0.2, 0.25) is 0 Å². The van der Waals surface area contributed by atoms with Crippen LogP contribution in [0.5, 0.6) is 0 Å². The molecule has 1 heterocycles. The molecule has 1 aliphatic rings. The molecule has 0 aromatic carbocycles. The number of carbonyl (C=O) groups excluding carboxylic acids is 1. The van der Waals surface area contributed by atoms with Crippen molar-refractivity contribution in [3.05, 3.63) is 18.0 Å². The van der Waals surface area contributed by atoms with Gasteiger partial charge in [0.15, 0.2) is 0 Å². The van der Waals surface area contributed by atoms with Crippen molar-refractivity contribution >= 4 is 11.6 Å². The number of rotatable bonds is 4. The number of hydrogen-bond donors (Lipinski definition) is 2. The molecule has 19 heavy (non-hydrogen) atoms. The second-order valence-electron chi connectivity index (χ2n) is 5.68. The topological polar surface area (TPSA) is 60.0 Å². The molecule has 1 saturated carbocycles. The van der Waals surface area contributed by atoms with Gasteiger partial charge in [-0.2, -0.15) is 0 Å². The van der Waals surface area contributed by atoms with Gasteiger partial charge in [-0.25, -0.2) is 0 Å². The zero-order valence-corrected chi connectivity index (χ0v) is 12.0. The van der Waals surface area contributed by atoms with Crippen molar-refractivity contribution in [2.24, 2.45) is 11.8 Å². The molecular weight excluding hydrogens is 238 g/mol. The van der Waals surface area contributed by atoms with Crippen LogP contribution in [0.25, 0.3) is 0 Å². The number of hydrogen-bond acceptors (Lipinski definition) is 2. The molecule has 4 nitrogen and oxygen atoms in total. The molecule has 0 radical (unpaired) electrons. The van der Waals surface area contributed by atoms with Gasteiger partial charge in [0.25, 0.3) is 5.91 Å². The average Bonchev–Trinajstić information content (AvgIpc) is 2.79. The molecule has 1 aliphatic carbocycles. The number of nitrogen functional groups attached to an aromatic ring is 1. The van der Waals surface area contributed by atoms with Crippen LogP contribution in [-0.4, -0.2) is 17.0 Å². The summed E-state index contributed by atoms with van der Waals surface area (Å²) in [4.78, 5) is 12.2. The van der Waals surface area contributed by atoms with E-state index in [1.807, 2.05) is 17.7 Å². The number of anilines is 1. The van der Waals surface area contributed by atoms with Crippen molar-refractivity contribution in [1.29, 1.82) is 0 Å². The van der Waals surface area contributed by atoms with Gasteiger partial charge in [0, 0.05) is 19.3 Å². The zero-order chi connectivity index (χ0) is 13.8. The van der Waals surface area contributed by atoms with Gasteiger partial charge in [-0.15, -0.1) is 0 Å². The standard InChI is InChI=1S/C15H25N3O/c1-3-18-10-13(16)8-14(18)15(19)17-9-12-7-5-4-6-11(12)2/h8,10-12H,3-7,9,16H2,1-2H3,(H,17,19). The van der Waals surface area contributed by atoms with Crippen LogP contribution in [0.3, 0.4) is 0 Å². The van der Waals surface area contributed by atoms with Crippen molar-refractivity contribution in [3.8, 4) is 0 Å². The minimum absolute atomic E-state index is 0.00340. The van der Waals surface area contributed by atoms with E-state index in [0.717, 1.165) is 19.0 Å². The number of nitrogens with one attached hydrogen (secondary N) is 1. The largest absolute Gasteiger partial charge is 0.397 e. The maximum atomic E-state index is 12.2. The Kier molecular flexibility index (Phi) is 4.51. The first-order valence-electron chi connectivity index (χ1n) is 7.35. The highest BCUT2D eigenvalue weighted by atomic mass is 16.1. The lowest BCUT2D eigenvalue weighted by Crippen LogP contribution is -2.34. The second-order valence-corrected chi connectivity index (χ2v) is 5.68. The minimum atomic E-state index is -0.00340. The molecule has 1 amide bonds. The van der Waals surface area contributed by atoms with Crippen molar-refractivity contribution in [1.82, 2.24) is 9.88 Å². The fraction of sp³-hybridized carbons (Fsp3) is 0.667. The molecule has 1 aromatic rings. The predicted octanol–water partition coefficient (Wildman–Crippen LogP) is 2.65. The van der Waals surface area contributed by atoms with Gasteiger partial charge < -0.3 is 15.6 Å². The summed E-state index contributed by atoms with van der Waals surface area (Å²) in [5.74, 6) is 1.34. The van der Waals surface area contributed by atoms with Crippen LogP contribution in [-0.2, 0) is 6.54 Å². The van der Waals surface area contributed by atoms with E-state index in [9.17, 15) is 4.79 Å². The highest BCUT2D eigenvalue weighted by molar-refractivity contribution is 5.93. The lowest BCUT2D eigenvalue weighted by molar-refractivity contribution is 0.0927. The van der Waals surface area contributed by atoms with Gasteiger partial charge in [-0.05, 0) is 31.2 Å². The molecule has 1 fully saturated rings. The Morgan fingerprint density at radius 2 is 2.21 bits per heavy atom. The van der Waals surface area contributed by atoms with Gasteiger partial charge in [0.05, 0.1) is 5.69 Å². The monoisotopic (exact) mass is 263 g/mol. The third-order valence-electron chi connectivity index (χ3n) is 4.30. The molecule has 0 spiro atoms. The summed E-state index contributed by atoms with van der Waals surface area (Å²) in [7, 11) is 0. The Bertz CT molecular complexity index is 439. The SMILES string of the molecule is CCn1cc(N)cc1C(=O)NCC1CCCCC1C. The molecule has 106 valence electrons. The van der Waals surface area contributed by atoms with Crippen LogP contribution >= 0.6 is 0 Å².